The maximum Gasteiger partial charge on any atom is 0.425 e. The quantitative estimate of drug-likeness (QED) is 0.476. The molecule has 4 aliphatic rings. The third-order valence-corrected chi connectivity index (χ3v) is 9.62. The Morgan fingerprint density at radius 1 is 1.08 bits per heavy atom. The number of piperidine rings is 1. The lowest BCUT2D eigenvalue weighted by Crippen LogP contribution is -2.53. The Balaban J connectivity index is 1.22. The minimum atomic E-state index is -4.55. The van der Waals surface area contributed by atoms with E-state index in [0.717, 1.165) is 101 Å². The van der Waals surface area contributed by atoms with E-state index in [-0.39, 0.29) is 5.54 Å². The topological polar surface area (TPSA) is 45.2 Å². The number of carbonyl (C=O) groups excluding carboxylic acids is 1. The fraction of sp³-hybridized carbons (Fsp3) is 0.741. The summed E-state index contributed by atoms with van der Waals surface area (Å²) in [5, 5.41) is 0.816. The second-order valence-electron chi connectivity index (χ2n) is 11.3. The molecule has 37 heavy (non-hydrogen) atoms. The van der Waals surface area contributed by atoms with Gasteiger partial charge in [0.15, 0.2) is 6.10 Å². The van der Waals surface area contributed by atoms with Crippen LogP contribution in [0, 0.1) is 5.41 Å². The van der Waals surface area contributed by atoms with Crippen LogP contribution in [0.5, 0.6) is 0 Å². The zero-order valence-corrected chi connectivity index (χ0v) is 22.3. The van der Waals surface area contributed by atoms with Gasteiger partial charge in [-0.3, -0.25) is 4.90 Å². The van der Waals surface area contributed by atoms with Crippen LogP contribution in [0.3, 0.4) is 0 Å². The van der Waals surface area contributed by atoms with E-state index in [1.54, 1.807) is 0 Å². The van der Waals surface area contributed by atoms with Crippen molar-refractivity contribution in [3.8, 4) is 0 Å². The molecule has 1 unspecified atom stereocenters. The molecule has 1 atom stereocenters. The average molecular weight is 544 g/mol. The molecule has 0 aliphatic carbocycles. The molecular formula is C27H37ClF3N3O3. The number of rotatable bonds is 4. The van der Waals surface area contributed by atoms with Crippen molar-refractivity contribution in [2.24, 2.45) is 5.41 Å². The number of likely N-dealkylation sites (tertiary alicyclic amines) is 2. The van der Waals surface area contributed by atoms with E-state index in [1.807, 2.05) is 0 Å². The average Bonchev–Trinajstić information content (AvgIpc) is 3.44. The van der Waals surface area contributed by atoms with Crippen LogP contribution >= 0.6 is 11.6 Å². The van der Waals surface area contributed by atoms with Gasteiger partial charge in [-0.05, 0) is 75.5 Å². The van der Waals surface area contributed by atoms with Crippen LogP contribution in [0.15, 0.2) is 18.2 Å². The third-order valence-electron chi connectivity index (χ3n) is 9.18. The molecule has 4 saturated heterocycles. The largest absolute Gasteiger partial charge is 0.437 e. The van der Waals surface area contributed by atoms with Crippen molar-refractivity contribution in [2.75, 3.05) is 50.8 Å². The smallest absolute Gasteiger partial charge is 0.425 e. The summed E-state index contributed by atoms with van der Waals surface area (Å²) in [6.45, 7) is 7.05. The molecule has 0 aromatic heterocycles. The van der Waals surface area contributed by atoms with Gasteiger partial charge < -0.3 is 19.3 Å². The highest BCUT2D eigenvalue weighted by atomic mass is 35.5. The fourth-order valence-corrected chi connectivity index (χ4v) is 7.00. The van der Waals surface area contributed by atoms with Crippen molar-refractivity contribution in [3.63, 3.8) is 0 Å². The number of carbonyl (C=O) groups is 1. The molecule has 4 aliphatic heterocycles. The molecule has 206 valence electrons. The lowest BCUT2D eigenvalue weighted by Gasteiger charge is -2.45. The van der Waals surface area contributed by atoms with Crippen molar-refractivity contribution in [2.45, 2.75) is 76.2 Å². The molecule has 5 rings (SSSR count). The van der Waals surface area contributed by atoms with Gasteiger partial charge in [0, 0.05) is 51.5 Å². The second-order valence-corrected chi connectivity index (χ2v) is 11.7. The van der Waals surface area contributed by atoms with Crippen molar-refractivity contribution in [1.29, 1.82) is 0 Å². The molecule has 1 aromatic rings. The normalized spacial score (nSPS) is 24.7. The Bertz CT molecular complexity index is 977. The fourth-order valence-electron chi connectivity index (χ4n) is 6.70. The first-order valence-electron chi connectivity index (χ1n) is 13.5. The van der Waals surface area contributed by atoms with Crippen LogP contribution in [0.4, 0.5) is 23.7 Å². The van der Waals surface area contributed by atoms with Crippen LogP contribution < -0.4 is 4.90 Å². The molecule has 4 fully saturated rings. The van der Waals surface area contributed by atoms with Gasteiger partial charge in [0.05, 0.1) is 10.7 Å². The SMILES string of the molecule is CC(OC(=O)N1CCC2(CCCN2Cc2cccc(N3CCC4(CCOCC4)C3)c2Cl)CC1)C(F)(F)F. The number of benzene rings is 1. The Morgan fingerprint density at radius 3 is 2.51 bits per heavy atom. The standard InChI is InChI=1S/C27H37ClF3N3O3/c1-20(27(29,30)31)37-24(35)32-14-8-26(9-15-32)6-3-12-34(26)18-21-4-2-5-22(23(21)28)33-13-7-25(19-33)10-16-36-17-11-25/h2,4-5,20H,3,6-19H2,1H3. The lowest BCUT2D eigenvalue weighted by atomic mass is 9.80. The number of ether oxygens (including phenoxy) is 2. The first-order valence-corrected chi connectivity index (χ1v) is 13.9. The van der Waals surface area contributed by atoms with Crippen LogP contribution in [0.2, 0.25) is 5.02 Å². The van der Waals surface area contributed by atoms with Gasteiger partial charge in [-0.15, -0.1) is 0 Å². The summed E-state index contributed by atoms with van der Waals surface area (Å²) in [5.74, 6) is 0. The number of amides is 1. The Labute approximate surface area is 222 Å². The number of alkyl halides is 3. The predicted octanol–water partition coefficient (Wildman–Crippen LogP) is 5.86. The van der Waals surface area contributed by atoms with Gasteiger partial charge in [-0.2, -0.15) is 13.2 Å². The molecular weight excluding hydrogens is 507 g/mol. The van der Waals surface area contributed by atoms with E-state index < -0.39 is 18.4 Å². The van der Waals surface area contributed by atoms with E-state index in [9.17, 15) is 18.0 Å². The lowest BCUT2D eigenvalue weighted by molar-refractivity contribution is -0.200. The van der Waals surface area contributed by atoms with Crippen LogP contribution in [-0.4, -0.2) is 79.6 Å². The molecule has 10 heteroatoms. The number of hydrogen-bond donors (Lipinski definition) is 0. The molecule has 1 amide bonds. The number of nitrogens with zero attached hydrogens (tertiary/aromatic N) is 3. The van der Waals surface area contributed by atoms with E-state index in [2.05, 4.69) is 32.7 Å². The highest BCUT2D eigenvalue weighted by Gasteiger charge is 2.46. The Kier molecular flexibility index (Phi) is 7.59. The van der Waals surface area contributed by atoms with Gasteiger partial charge in [0.2, 0.25) is 0 Å². The molecule has 0 bridgehead atoms. The van der Waals surface area contributed by atoms with Gasteiger partial charge >= 0.3 is 12.3 Å². The summed E-state index contributed by atoms with van der Waals surface area (Å²) in [4.78, 5) is 18.6. The number of halogens is 4. The van der Waals surface area contributed by atoms with Crippen LogP contribution in [-0.2, 0) is 16.0 Å². The van der Waals surface area contributed by atoms with Crippen LogP contribution in [0.25, 0.3) is 0 Å². The van der Waals surface area contributed by atoms with Gasteiger partial charge in [-0.1, -0.05) is 23.7 Å². The molecule has 0 radical (unpaired) electrons. The molecule has 4 heterocycles. The first kappa shape index (κ1) is 26.9. The zero-order chi connectivity index (χ0) is 26.3. The van der Waals surface area contributed by atoms with Crippen molar-refractivity contribution < 1.29 is 27.4 Å². The minimum Gasteiger partial charge on any atom is -0.437 e. The minimum absolute atomic E-state index is 0.0639. The Morgan fingerprint density at radius 2 is 1.81 bits per heavy atom. The molecule has 0 N–H and O–H groups in total. The number of anilines is 1. The maximum absolute atomic E-state index is 12.8. The van der Waals surface area contributed by atoms with Gasteiger partial charge in [0.25, 0.3) is 0 Å². The van der Waals surface area contributed by atoms with Gasteiger partial charge in [-0.25, -0.2) is 4.79 Å². The molecule has 1 aromatic carbocycles. The maximum atomic E-state index is 12.8. The summed E-state index contributed by atoms with van der Waals surface area (Å²) in [5.41, 5.74) is 2.48. The van der Waals surface area contributed by atoms with Gasteiger partial charge in [0.1, 0.15) is 0 Å². The molecule has 0 saturated carbocycles. The monoisotopic (exact) mass is 543 g/mol. The summed E-state index contributed by atoms with van der Waals surface area (Å²) < 4.78 is 48.7. The second kappa shape index (κ2) is 10.5. The summed E-state index contributed by atoms with van der Waals surface area (Å²) >= 11 is 7.02. The molecule has 6 nitrogen and oxygen atoms in total. The van der Waals surface area contributed by atoms with E-state index >= 15 is 0 Å². The molecule has 2 spiro atoms. The summed E-state index contributed by atoms with van der Waals surface area (Å²) in [6.07, 6.45) is -0.638. The predicted molar refractivity (Wildman–Crippen MR) is 136 cm³/mol. The zero-order valence-electron chi connectivity index (χ0n) is 21.5. The van der Waals surface area contributed by atoms with Crippen molar-refractivity contribution in [3.05, 3.63) is 28.8 Å². The van der Waals surface area contributed by atoms with E-state index in [1.165, 1.54) is 11.3 Å². The van der Waals surface area contributed by atoms with E-state index in [0.29, 0.717) is 18.5 Å². The highest BCUT2D eigenvalue weighted by Crippen LogP contribution is 2.45. The summed E-state index contributed by atoms with van der Waals surface area (Å²) in [6, 6.07) is 6.31. The van der Waals surface area contributed by atoms with Crippen molar-refractivity contribution in [1.82, 2.24) is 9.80 Å². The Hall–Kier alpha value is -1.71. The summed E-state index contributed by atoms with van der Waals surface area (Å²) in [7, 11) is 0. The third kappa shape index (κ3) is 5.55. The van der Waals surface area contributed by atoms with Crippen molar-refractivity contribution >= 4 is 23.4 Å². The van der Waals surface area contributed by atoms with E-state index in [4.69, 9.17) is 16.3 Å². The number of hydrogen-bond acceptors (Lipinski definition) is 5. The van der Waals surface area contributed by atoms with Crippen LogP contribution in [0.1, 0.15) is 57.4 Å². The first-order chi connectivity index (χ1) is 17.6. The highest BCUT2D eigenvalue weighted by molar-refractivity contribution is 6.34.